The van der Waals surface area contributed by atoms with Crippen molar-refractivity contribution < 1.29 is 24.1 Å². The van der Waals surface area contributed by atoms with Crippen LogP contribution in [0.1, 0.15) is 11.7 Å². The maximum absolute atomic E-state index is 11.6. The standard InChI is InChI=1S/C16H13BrO5/c1-20-11-7-6-9(17)8-10(11)14-15(16(18)19)22-13-5-3-2-4-12(13)21-14/h2-8,14-15H,1H3,(H,18,19). The van der Waals surface area contributed by atoms with E-state index in [4.69, 9.17) is 14.2 Å². The first-order chi connectivity index (χ1) is 10.6. The lowest BCUT2D eigenvalue weighted by molar-refractivity contribution is -0.151. The van der Waals surface area contributed by atoms with Gasteiger partial charge < -0.3 is 19.3 Å². The molecule has 114 valence electrons. The molecule has 2 atom stereocenters. The van der Waals surface area contributed by atoms with Gasteiger partial charge in [0.25, 0.3) is 0 Å². The molecule has 0 aliphatic carbocycles. The summed E-state index contributed by atoms with van der Waals surface area (Å²) in [4.78, 5) is 11.6. The van der Waals surface area contributed by atoms with E-state index in [2.05, 4.69) is 15.9 Å². The molecule has 2 aromatic carbocycles. The van der Waals surface area contributed by atoms with Crippen molar-refractivity contribution in [3.8, 4) is 17.2 Å². The lowest BCUT2D eigenvalue weighted by Crippen LogP contribution is -2.39. The molecule has 0 amide bonds. The van der Waals surface area contributed by atoms with E-state index < -0.39 is 18.2 Å². The molecule has 3 rings (SSSR count). The van der Waals surface area contributed by atoms with Crippen molar-refractivity contribution in [1.82, 2.24) is 0 Å². The molecule has 0 saturated heterocycles. The topological polar surface area (TPSA) is 65.0 Å². The van der Waals surface area contributed by atoms with E-state index in [9.17, 15) is 9.90 Å². The molecule has 1 aliphatic heterocycles. The Bertz CT molecular complexity index is 715. The van der Waals surface area contributed by atoms with E-state index in [1.165, 1.54) is 7.11 Å². The van der Waals surface area contributed by atoms with Crippen LogP contribution in [0, 0.1) is 0 Å². The van der Waals surface area contributed by atoms with Crippen LogP contribution < -0.4 is 14.2 Å². The molecule has 0 radical (unpaired) electrons. The number of carboxylic acid groups (broad SMARTS) is 1. The van der Waals surface area contributed by atoms with E-state index in [0.29, 0.717) is 22.8 Å². The zero-order valence-corrected chi connectivity index (χ0v) is 13.2. The summed E-state index contributed by atoms with van der Waals surface area (Å²) in [6.07, 6.45) is -1.96. The van der Waals surface area contributed by atoms with Gasteiger partial charge in [0.05, 0.1) is 7.11 Å². The second kappa shape index (κ2) is 5.88. The zero-order valence-electron chi connectivity index (χ0n) is 11.7. The van der Waals surface area contributed by atoms with E-state index in [1.54, 1.807) is 36.4 Å². The SMILES string of the molecule is COc1ccc(Br)cc1C1Oc2ccccc2OC1C(=O)O. The van der Waals surface area contributed by atoms with Crippen molar-refractivity contribution in [2.75, 3.05) is 7.11 Å². The number of hydrogen-bond donors (Lipinski definition) is 1. The van der Waals surface area contributed by atoms with Crippen molar-refractivity contribution in [3.05, 3.63) is 52.5 Å². The number of ether oxygens (including phenoxy) is 3. The Morgan fingerprint density at radius 1 is 1.18 bits per heavy atom. The summed E-state index contributed by atoms with van der Waals surface area (Å²) in [5.41, 5.74) is 0.610. The first-order valence-corrected chi connectivity index (χ1v) is 7.38. The average Bonchev–Trinajstić information content (AvgIpc) is 2.53. The third kappa shape index (κ3) is 2.62. The molecule has 1 heterocycles. The first-order valence-electron chi connectivity index (χ1n) is 6.58. The Labute approximate surface area is 135 Å². The van der Waals surface area contributed by atoms with Gasteiger partial charge in [-0.2, -0.15) is 0 Å². The summed E-state index contributed by atoms with van der Waals surface area (Å²) in [7, 11) is 1.53. The highest BCUT2D eigenvalue weighted by Crippen LogP contribution is 2.42. The van der Waals surface area contributed by atoms with Gasteiger partial charge in [0.15, 0.2) is 17.6 Å². The van der Waals surface area contributed by atoms with Crippen LogP contribution in [0.5, 0.6) is 17.2 Å². The van der Waals surface area contributed by atoms with Crippen LogP contribution in [0.25, 0.3) is 0 Å². The molecular formula is C16H13BrO5. The fourth-order valence-corrected chi connectivity index (χ4v) is 2.75. The molecule has 0 bridgehead atoms. The van der Waals surface area contributed by atoms with Gasteiger partial charge in [0, 0.05) is 10.0 Å². The highest BCUT2D eigenvalue weighted by molar-refractivity contribution is 9.10. The Kier molecular flexibility index (Phi) is 3.94. The van der Waals surface area contributed by atoms with Crippen LogP contribution in [0.4, 0.5) is 0 Å². The molecular weight excluding hydrogens is 352 g/mol. The summed E-state index contributed by atoms with van der Waals surface area (Å²) < 4.78 is 17.6. The van der Waals surface area contributed by atoms with Gasteiger partial charge in [0.1, 0.15) is 5.75 Å². The predicted molar refractivity (Wildman–Crippen MR) is 82.6 cm³/mol. The fourth-order valence-electron chi connectivity index (χ4n) is 2.38. The summed E-state index contributed by atoms with van der Waals surface area (Å²) in [5.74, 6) is 0.371. The zero-order chi connectivity index (χ0) is 15.7. The quantitative estimate of drug-likeness (QED) is 0.903. The molecule has 1 aliphatic rings. The average molecular weight is 365 g/mol. The number of para-hydroxylation sites is 2. The number of carbonyl (C=O) groups is 1. The Hall–Kier alpha value is -2.21. The van der Waals surface area contributed by atoms with Gasteiger partial charge in [0.2, 0.25) is 6.10 Å². The highest BCUT2D eigenvalue weighted by Gasteiger charge is 2.39. The van der Waals surface area contributed by atoms with Crippen LogP contribution in [-0.2, 0) is 4.79 Å². The van der Waals surface area contributed by atoms with Crippen LogP contribution in [0.15, 0.2) is 46.9 Å². The number of methoxy groups -OCH3 is 1. The Morgan fingerprint density at radius 3 is 2.50 bits per heavy atom. The molecule has 2 aromatic rings. The molecule has 0 fully saturated rings. The maximum Gasteiger partial charge on any atom is 0.349 e. The van der Waals surface area contributed by atoms with Gasteiger partial charge in [-0.25, -0.2) is 4.79 Å². The van der Waals surface area contributed by atoms with E-state index >= 15 is 0 Å². The van der Waals surface area contributed by atoms with Crippen LogP contribution in [0.3, 0.4) is 0 Å². The van der Waals surface area contributed by atoms with Crippen molar-refractivity contribution in [2.45, 2.75) is 12.2 Å². The first kappa shape index (κ1) is 14.7. The van der Waals surface area contributed by atoms with Crippen molar-refractivity contribution in [3.63, 3.8) is 0 Å². The number of carboxylic acids is 1. The largest absolute Gasteiger partial charge is 0.496 e. The minimum atomic E-state index is -1.15. The van der Waals surface area contributed by atoms with E-state index in [1.807, 2.05) is 6.07 Å². The molecule has 0 aromatic heterocycles. The number of rotatable bonds is 3. The predicted octanol–water partition coefficient (Wildman–Crippen LogP) is 3.42. The van der Waals surface area contributed by atoms with Gasteiger partial charge in [-0.3, -0.25) is 0 Å². The van der Waals surface area contributed by atoms with Gasteiger partial charge >= 0.3 is 5.97 Å². The van der Waals surface area contributed by atoms with Gasteiger partial charge in [-0.1, -0.05) is 28.1 Å². The Morgan fingerprint density at radius 2 is 1.86 bits per heavy atom. The normalized spacial score (nSPS) is 19.5. The molecule has 6 heteroatoms. The van der Waals surface area contributed by atoms with E-state index in [0.717, 1.165) is 4.47 Å². The van der Waals surface area contributed by atoms with Crippen LogP contribution in [0.2, 0.25) is 0 Å². The molecule has 1 N–H and O–H groups in total. The monoisotopic (exact) mass is 364 g/mol. The molecule has 5 nitrogen and oxygen atoms in total. The molecule has 2 unspecified atom stereocenters. The van der Waals surface area contributed by atoms with E-state index in [-0.39, 0.29) is 0 Å². The minimum Gasteiger partial charge on any atom is -0.496 e. The van der Waals surface area contributed by atoms with Crippen molar-refractivity contribution >= 4 is 21.9 Å². The highest BCUT2D eigenvalue weighted by atomic mass is 79.9. The smallest absolute Gasteiger partial charge is 0.349 e. The maximum atomic E-state index is 11.6. The van der Waals surface area contributed by atoms with Crippen molar-refractivity contribution in [2.24, 2.45) is 0 Å². The second-order valence-electron chi connectivity index (χ2n) is 4.75. The molecule has 22 heavy (non-hydrogen) atoms. The van der Waals surface area contributed by atoms with Crippen molar-refractivity contribution in [1.29, 1.82) is 0 Å². The minimum absolute atomic E-state index is 0.417. The number of halogens is 1. The van der Waals surface area contributed by atoms with Gasteiger partial charge in [-0.15, -0.1) is 0 Å². The number of fused-ring (bicyclic) bond motifs is 1. The third-order valence-corrected chi connectivity index (χ3v) is 3.87. The lowest BCUT2D eigenvalue weighted by Gasteiger charge is -2.32. The number of hydrogen-bond acceptors (Lipinski definition) is 4. The summed E-state index contributed by atoms with van der Waals surface area (Å²) in [6.45, 7) is 0. The number of aliphatic carboxylic acids is 1. The summed E-state index contributed by atoms with van der Waals surface area (Å²) >= 11 is 3.38. The fraction of sp³-hybridized carbons (Fsp3) is 0.188. The Balaban J connectivity index is 2.08. The summed E-state index contributed by atoms with van der Waals surface area (Å²) in [6, 6.07) is 12.3. The van der Waals surface area contributed by atoms with Gasteiger partial charge in [-0.05, 0) is 30.3 Å². The second-order valence-corrected chi connectivity index (χ2v) is 5.66. The summed E-state index contributed by atoms with van der Waals surface area (Å²) in [5, 5.41) is 9.47. The number of benzene rings is 2. The lowest BCUT2D eigenvalue weighted by atomic mass is 10.0. The molecule has 0 spiro atoms. The van der Waals surface area contributed by atoms with Crippen LogP contribution >= 0.6 is 15.9 Å². The van der Waals surface area contributed by atoms with Crippen LogP contribution in [-0.4, -0.2) is 24.3 Å². The molecule has 0 saturated carbocycles. The third-order valence-electron chi connectivity index (χ3n) is 3.37.